The van der Waals surface area contributed by atoms with Crippen LogP contribution in [0.25, 0.3) is 0 Å². The lowest BCUT2D eigenvalue weighted by Crippen LogP contribution is -1.89. The molecule has 0 radical (unpaired) electrons. The van der Waals surface area contributed by atoms with Crippen molar-refractivity contribution in [2.24, 2.45) is 0 Å². The smallest absolute Gasteiger partial charge is 0.134 e. The molecule has 3 nitrogen and oxygen atoms in total. The molecule has 60 valence electrons. The summed E-state index contributed by atoms with van der Waals surface area (Å²) >= 11 is 0. The normalized spacial score (nSPS) is 10.0. The van der Waals surface area contributed by atoms with Crippen LogP contribution in [0.3, 0.4) is 0 Å². The van der Waals surface area contributed by atoms with E-state index in [9.17, 15) is 0 Å². The van der Waals surface area contributed by atoms with Gasteiger partial charge in [0.1, 0.15) is 12.2 Å². The summed E-state index contributed by atoms with van der Waals surface area (Å²) in [5, 5.41) is 7.62. The fraction of sp³-hybridized carbons (Fsp3) is 0.111. The summed E-state index contributed by atoms with van der Waals surface area (Å²) in [4.78, 5) is 2.96. The number of aromatic amines is 1. The second-order valence-corrected chi connectivity index (χ2v) is 2.60. The van der Waals surface area contributed by atoms with Crippen molar-refractivity contribution in [2.45, 2.75) is 6.42 Å². The van der Waals surface area contributed by atoms with Gasteiger partial charge in [0.25, 0.3) is 0 Å². The van der Waals surface area contributed by atoms with Crippen molar-refractivity contribution in [2.75, 3.05) is 0 Å². The lowest BCUT2D eigenvalue weighted by atomic mass is 10.1. The molecule has 3 heteroatoms. The van der Waals surface area contributed by atoms with E-state index in [1.54, 1.807) is 6.33 Å². The fourth-order valence-electron chi connectivity index (χ4n) is 1.11. The maximum absolute atomic E-state index is 3.91. The van der Waals surface area contributed by atoms with E-state index in [-0.39, 0.29) is 0 Å². The van der Waals surface area contributed by atoms with Crippen molar-refractivity contribution in [3.05, 3.63) is 48.0 Å². The van der Waals surface area contributed by atoms with Gasteiger partial charge in [0, 0.05) is 6.42 Å². The highest BCUT2D eigenvalue weighted by atomic mass is 15.2. The number of rotatable bonds is 2. The van der Waals surface area contributed by atoms with E-state index < -0.39 is 0 Å². The van der Waals surface area contributed by atoms with Gasteiger partial charge in [-0.3, -0.25) is 0 Å². The zero-order valence-corrected chi connectivity index (χ0v) is 6.57. The van der Waals surface area contributed by atoms with Crippen molar-refractivity contribution in [3.63, 3.8) is 0 Å². The third-order valence-corrected chi connectivity index (χ3v) is 1.68. The van der Waals surface area contributed by atoms with E-state index in [1.807, 2.05) is 18.2 Å². The standard InChI is InChI=1S/C9H9N3/c1-2-4-8(5-3-1)6-9-10-7-11-12-9/h1-5,7H,6H2,(H,10,11,12). The average Bonchev–Trinajstić information content (AvgIpc) is 2.59. The van der Waals surface area contributed by atoms with Crippen molar-refractivity contribution < 1.29 is 0 Å². The highest BCUT2D eigenvalue weighted by Crippen LogP contribution is 2.02. The lowest BCUT2D eigenvalue weighted by molar-refractivity contribution is 0.972. The summed E-state index contributed by atoms with van der Waals surface area (Å²) in [5.74, 6) is 0.904. The maximum Gasteiger partial charge on any atom is 0.134 e. The number of hydrogen-bond donors (Lipinski definition) is 1. The quantitative estimate of drug-likeness (QED) is 0.719. The van der Waals surface area contributed by atoms with Gasteiger partial charge in [0.15, 0.2) is 0 Å². The zero-order chi connectivity index (χ0) is 8.23. The van der Waals surface area contributed by atoms with Crippen LogP contribution in [0.15, 0.2) is 36.7 Å². The predicted molar refractivity (Wildman–Crippen MR) is 45.6 cm³/mol. The molecule has 0 atom stereocenters. The van der Waals surface area contributed by atoms with Crippen LogP contribution in [0.5, 0.6) is 0 Å². The van der Waals surface area contributed by atoms with Gasteiger partial charge in [-0.15, -0.1) is 10.2 Å². The molecule has 2 aromatic rings. The Morgan fingerprint density at radius 1 is 1.17 bits per heavy atom. The van der Waals surface area contributed by atoms with Crippen molar-refractivity contribution in [3.8, 4) is 0 Å². The van der Waals surface area contributed by atoms with Crippen LogP contribution >= 0.6 is 0 Å². The number of benzene rings is 1. The molecule has 0 unspecified atom stereocenters. The molecular weight excluding hydrogens is 150 g/mol. The van der Waals surface area contributed by atoms with Gasteiger partial charge in [-0.25, -0.2) is 0 Å². The van der Waals surface area contributed by atoms with Gasteiger partial charge in [-0.2, -0.15) is 0 Å². The summed E-state index contributed by atoms with van der Waals surface area (Å²) in [6.07, 6.45) is 2.42. The summed E-state index contributed by atoms with van der Waals surface area (Å²) in [7, 11) is 0. The molecule has 1 aromatic carbocycles. The third kappa shape index (κ3) is 1.50. The van der Waals surface area contributed by atoms with Crippen LogP contribution < -0.4 is 0 Å². The first-order valence-electron chi connectivity index (χ1n) is 3.84. The van der Waals surface area contributed by atoms with Gasteiger partial charge < -0.3 is 4.98 Å². The van der Waals surface area contributed by atoms with Crippen LogP contribution in [0.1, 0.15) is 11.4 Å². The van der Waals surface area contributed by atoms with Gasteiger partial charge in [0.05, 0.1) is 0 Å². The summed E-state index contributed by atoms with van der Waals surface area (Å²) in [6.45, 7) is 0. The Morgan fingerprint density at radius 3 is 2.67 bits per heavy atom. The fourth-order valence-corrected chi connectivity index (χ4v) is 1.11. The van der Waals surface area contributed by atoms with Crippen LogP contribution in [0.4, 0.5) is 0 Å². The number of H-pyrrole nitrogens is 1. The second-order valence-electron chi connectivity index (χ2n) is 2.60. The Labute approximate surface area is 70.5 Å². The highest BCUT2D eigenvalue weighted by Gasteiger charge is 1.96. The summed E-state index contributed by atoms with van der Waals surface area (Å²) in [5.41, 5.74) is 1.24. The predicted octanol–water partition coefficient (Wildman–Crippen LogP) is 1.40. The molecule has 0 fully saturated rings. The zero-order valence-electron chi connectivity index (χ0n) is 6.57. The van der Waals surface area contributed by atoms with Crippen LogP contribution in [-0.2, 0) is 6.42 Å². The number of hydrogen-bond acceptors (Lipinski definition) is 2. The van der Waals surface area contributed by atoms with Gasteiger partial charge in [-0.05, 0) is 5.56 Å². The molecule has 0 spiro atoms. The van der Waals surface area contributed by atoms with Gasteiger partial charge in [0.2, 0.25) is 0 Å². The summed E-state index contributed by atoms with van der Waals surface area (Å²) < 4.78 is 0. The second kappa shape index (κ2) is 3.17. The first kappa shape index (κ1) is 7.03. The molecule has 0 aliphatic rings. The van der Waals surface area contributed by atoms with E-state index in [0.29, 0.717) is 0 Å². The van der Waals surface area contributed by atoms with Crippen LogP contribution in [-0.4, -0.2) is 15.2 Å². The Bertz CT molecular complexity index is 326. The molecule has 0 bridgehead atoms. The Hall–Kier alpha value is -1.64. The molecule has 2 rings (SSSR count). The van der Waals surface area contributed by atoms with Crippen molar-refractivity contribution in [1.29, 1.82) is 0 Å². The minimum Gasteiger partial charge on any atom is -0.331 e. The molecule has 1 heterocycles. The molecule has 0 amide bonds. The van der Waals surface area contributed by atoms with Crippen molar-refractivity contribution in [1.82, 2.24) is 15.2 Å². The number of aromatic nitrogens is 3. The Morgan fingerprint density at radius 2 is 2.00 bits per heavy atom. The molecule has 1 aromatic heterocycles. The molecule has 0 aliphatic heterocycles. The Balaban J connectivity index is 2.15. The van der Waals surface area contributed by atoms with Gasteiger partial charge >= 0.3 is 0 Å². The molecule has 0 saturated carbocycles. The number of nitrogens with one attached hydrogen (secondary N) is 1. The monoisotopic (exact) mass is 159 g/mol. The van der Waals surface area contributed by atoms with E-state index in [4.69, 9.17) is 0 Å². The molecule has 0 aliphatic carbocycles. The lowest BCUT2D eigenvalue weighted by Gasteiger charge is -1.94. The van der Waals surface area contributed by atoms with E-state index >= 15 is 0 Å². The highest BCUT2D eigenvalue weighted by molar-refractivity contribution is 5.18. The molecule has 1 N–H and O–H groups in total. The molecule has 12 heavy (non-hydrogen) atoms. The largest absolute Gasteiger partial charge is 0.331 e. The van der Waals surface area contributed by atoms with E-state index in [0.717, 1.165) is 12.2 Å². The topological polar surface area (TPSA) is 41.6 Å². The van der Waals surface area contributed by atoms with Crippen molar-refractivity contribution >= 4 is 0 Å². The minimum absolute atomic E-state index is 0.820. The minimum atomic E-state index is 0.820. The van der Waals surface area contributed by atoms with Gasteiger partial charge in [-0.1, -0.05) is 30.3 Å². The average molecular weight is 159 g/mol. The van der Waals surface area contributed by atoms with Crippen LogP contribution in [0, 0.1) is 0 Å². The van der Waals surface area contributed by atoms with E-state index in [2.05, 4.69) is 27.3 Å². The SMILES string of the molecule is c1ccc(Cc2nnc[nH]2)cc1. The first-order valence-corrected chi connectivity index (χ1v) is 3.84. The molecular formula is C9H9N3. The van der Waals surface area contributed by atoms with Crippen LogP contribution in [0.2, 0.25) is 0 Å². The number of nitrogens with zero attached hydrogens (tertiary/aromatic N) is 2. The first-order chi connectivity index (χ1) is 5.95. The molecule has 0 saturated heterocycles. The third-order valence-electron chi connectivity index (χ3n) is 1.68. The van der Waals surface area contributed by atoms with E-state index in [1.165, 1.54) is 5.56 Å². The Kier molecular flexibility index (Phi) is 1.86. The maximum atomic E-state index is 3.91. The summed E-state index contributed by atoms with van der Waals surface area (Å²) in [6, 6.07) is 10.2.